The molecular weight excluding hydrogens is 208 g/mol. The van der Waals surface area contributed by atoms with E-state index in [1.807, 2.05) is 27.7 Å². The second-order valence-electron chi connectivity index (χ2n) is 4.82. The van der Waals surface area contributed by atoms with Gasteiger partial charge >= 0.3 is 5.97 Å². The number of nitrogens with one attached hydrogen (secondary N) is 1. The zero-order valence-corrected chi connectivity index (χ0v) is 10.1. The van der Waals surface area contributed by atoms with Gasteiger partial charge in [0.2, 0.25) is 0 Å². The van der Waals surface area contributed by atoms with Gasteiger partial charge in [0.1, 0.15) is 11.4 Å². The molecule has 90 valence electrons. The van der Waals surface area contributed by atoms with Gasteiger partial charge in [0.05, 0.1) is 5.92 Å². The Labute approximate surface area is 94.8 Å². The quantitative estimate of drug-likeness (QED) is 0.778. The van der Waals surface area contributed by atoms with Crippen molar-refractivity contribution < 1.29 is 9.53 Å². The van der Waals surface area contributed by atoms with E-state index in [0.29, 0.717) is 18.7 Å². The number of hydrogen-bond acceptors (Lipinski definition) is 5. The number of carbonyl (C=O) groups is 1. The summed E-state index contributed by atoms with van der Waals surface area (Å²) in [5.74, 6) is 0.361. The van der Waals surface area contributed by atoms with Gasteiger partial charge in [0.25, 0.3) is 0 Å². The van der Waals surface area contributed by atoms with Crippen molar-refractivity contribution in [1.82, 2.24) is 20.6 Å². The molecule has 0 bridgehead atoms. The molecule has 0 saturated heterocycles. The van der Waals surface area contributed by atoms with E-state index in [1.54, 1.807) is 0 Å². The van der Waals surface area contributed by atoms with Crippen LogP contribution < -0.4 is 0 Å². The molecule has 1 rings (SSSR count). The summed E-state index contributed by atoms with van der Waals surface area (Å²) in [4.78, 5) is 11.6. The van der Waals surface area contributed by atoms with Crippen LogP contribution in [0.25, 0.3) is 0 Å². The molecule has 6 nitrogen and oxygen atoms in total. The van der Waals surface area contributed by atoms with Gasteiger partial charge in [-0.1, -0.05) is 6.92 Å². The maximum absolute atomic E-state index is 11.6. The summed E-state index contributed by atoms with van der Waals surface area (Å²) in [6.07, 6.45) is 1.32. The van der Waals surface area contributed by atoms with Gasteiger partial charge in [-0.2, -0.15) is 0 Å². The highest BCUT2D eigenvalue weighted by atomic mass is 16.6. The summed E-state index contributed by atoms with van der Waals surface area (Å²) < 4.78 is 5.27. The van der Waals surface area contributed by atoms with Crippen molar-refractivity contribution in [1.29, 1.82) is 0 Å². The Kier molecular flexibility index (Phi) is 3.98. The molecule has 1 aromatic rings. The highest BCUT2D eigenvalue weighted by Gasteiger charge is 2.21. The predicted molar refractivity (Wildman–Crippen MR) is 57.5 cm³/mol. The first-order valence-electron chi connectivity index (χ1n) is 5.34. The van der Waals surface area contributed by atoms with Crippen molar-refractivity contribution in [2.24, 2.45) is 5.92 Å². The summed E-state index contributed by atoms with van der Waals surface area (Å²) in [6.45, 7) is 7.42. The van der Waals surface area contributed by atoms with Crippen LogP contribution in [-0.4, -0.2) is 32.2 Å². The molecule has 1 atom stereocenters. The van der Waals surface area contributed by atoms with E-state index in [2.05, 4.69) is 20.6 Å². The second kappa shape index (κ2) is 5.05. The average Bonchev–Trinajstić information content (AvgIpc) is 2.63. The molecule has 1 aromatic heterocycles. The predicted octanol–water partition coefficient (Wildman–Crippen LogP) is 1.11. The van der Waals surface area contributed by atoms with Crippen LogP contribution in [0.3, 0.4) is 0 Å². The Morgan fingerprint density at radius 2 is 2.19 bits per heavy atom. The van der Waals surface area contributed by atoms with Gasteiger partial charge in [-0.05, 0) is 37.6 Å². The van der Waals surface area contributed by atoms with E-state index in [9.17, 15) is 4.79 Å². The summed E-state index contributed by atoms with van der Waals surface area (Å²) in [5, 5.41) is 13.3. The number of aromatic nitrogens is 4. The van der Waals surface area contributed by atoms with Gasteiger partial charge < -0.3 is 4.74 Å². The van der Waals surface area contributed by atoms with E-state index in [-0.39, 0.29) is 11.9 Å². The normalized spacial score (nSPS) is 13.5. The van der Waals surface area contributed by atoms with E-state index in [0.717, 1.165) is 0 Å². The molecule has 1 heterocycles. The molecule has 0 radical (unpaired) electrons. The van der Waals surface area contributed by atoms with Crippen LogP contribution in [0.2, 0.25) is 0 Å². The van der Waals surface area contributed by atoms with Crippen LogP contribution in [0.4, 0.5) is 0 Å². The molecule has 0 aromatic carbocycles. The third-order valence-corrected chi connectivity index (χ3v) is 2.01. The van der Waals surface area contributed by atoms with Gasteiger partial charge in [-0.15, -0.1) is 5.10 Å². The van der Waals surface area contributed by atoms with Crippen LogP contribution in [0.1, 0.15) is 39.9 Å². The van der Waals surface area contributed by atoms with Gasteiger partial charge in [0, 0.05) is 6.42 Å². The molecule has 16 heavy (non-hydrogen) atoms. The van der Waals surface area contributed by atoms with E-state index in [4.69, 9.17) is 4.74 Å². The first-order valence-corrected chi connectivity index (χ1v) is 5.34. The monoisotopic (exact) mass is 226 g/mol. The minimum atomic E-state index is -0.431. The Bertz CT molecular complexity index is 329. The van der Waals surface area contributed by atoms with Crippen molar-refractivity contribution in [3.05, 3.63) is 5.82 Å². The molecule has 0 fully saturated rings. The highest BCUT2D eigenvalue weighted by molar-refractivity contribution is 5.72. The fourth-order valence-electron chi connectivity index (χ4n) is 1.16. The largest absolute Gasteiger partial charge is 0.460 e. The van der Waals surface area contributed by atoms with Gasteiger partial charge in [0.15, 0.2) is 0 Å². The molecule has 0 aliphatic heterocycles. The first-order chi connectivity index (χ1) is 7.38. The molecule has 0 aliphatic carbocycles. The van der Waals surface area contributed by atoms with Crippen molar-refractivity contribution in [3.8, 4) is 0 Å². The SMILES string of the molecule is C[C@@H](CCc1nnn[nH]1)C(=O)OC(C)(C)C. The number of rotatable bonds is 4. The van der Waals surface area contributed by atoms with Crippen molar-refractivity contribution in [3.63, 3.8) is 0 Å². The minimum absolute atomic E-state index is 0.149. The third-order valence-electron chi connectivity index (χ3n) is 2.01. The molecule has 0 unspecified atom stereocenters. The topological polar surface area (TPSA) is 80.8 Å². The first kappa shape index (κ1) is 12.6. The van der Waals surface area contributed by atoms with Crippen molar-refractivity contribution >= 4 is 5.97 Å². The number of H-pyrrole nitrogens is 1. The van der Waals surface area contributed by atoms with Crippen LogP contribution >= 0.6 is 0 Å². The van der Waals surface area contributed by atoms with Crippen LogP contribution in [0.15, 0.2) is 0 Å². The Morgan fingerprint density at radius 1 is 1.50 bits per heavy atom. The van der Waals surface area contributed by atoms with E-state index in [1.165, 1.54) is 0 Å². The number of aryl methyl sites for hydroxylation is 1. The summed E-state index contributed by atoms with van der Waals surface area (Å²) in [6, 6.07) is 0. The maximum Gasteiger partial charge on any atom is 0.309 e. The smallest absolute Gasteiger partial charge is 0.309 e. The van der Waals surface area contributed by atoms with E-state index < -0.39 is 5.60 Å². The molecule has 0 spiro atoms. The molecular formula is C10H18N4O2. The van der Waals surface area contributed by atoms with E-state index >= 15 is 0 Å². The Hall–Kier alpha value is -1.46. The molecule has 0 saturated carbocycles. The van der Waals surface area contributed by atoms with Crippen LogP contribution in [0.5, 0.6) is 0 Å². The van der Waals surface area contributed by atoms with Crippen LogP contribution in [0, 0.1) is 5.92 Å². The zero-order valence-electron chi connectivity index (χ0n) is 10.1. The number of nitrogens with zero attached hydrogens (tertiary/aromatic N) is 3. The molecule has 0 amide bonds. The lowest BCUT2D eigenvalue weighted by molar-refractivity contribution is -0.159. The summed E-state index contributed by atoms with van der Waals surface area (Å²) >= 11 is 0. The highest BCUT2D eigenvalue weighted by Crippen LogP contribution is 2.14. The lowest BCUT2D eigenvalue weighted by Crippen LogP contribution is -2.27. The Morgan fingerprint density at radius 3 is 2.69 bits per heavy atom. The van der Waals surface area contributed by atoms with Crippen molar-refractivity contribution in [2.45, 2.75) is 46.1 Å². The zero-order chi connectivity index (χ0) is 12.2. The second-order valence-corrected chi connectivity index (χ2v) is 4.82. The minimum Gasteiger partial charge on any atom is -0.460 e. The third kappa shape index (κ3) is 4.37. The molecule has 1 N–H and O–H groups in total. The lowest BCUT2D eigenvalue weighted by Gasteiger charge is -2.22. The number of tetrazole rings is 1. The average molecular weight is 226 g/mol. The molecule has 0 aliphatic rings. The molecule has 6 heteroatoms. The van der Waals surface area contributed by atoms with Gasteiger partial charge in [-0.25, -0.2) is 5.10 Å². The fourth-order valence-corrected chi connectivity index (χ4v) is 1.16. The Balaban J connectivity index is 2.35. The summed E-state index contributed by atoms with van der Waals surface area (Å²) in [5.41, 5.74) is -0.431. The standard InChI is InChI=1S/C10H18N4O2/c1-7(9(15)16-10(2,3)4)5-6-8-11-13-14-12-8/h7H,5-6H2,1-4H3,(H,11,12,13,14)/t7-/m0/s1. The number of aromatic amines is 1. The number of ether oxygens (including phenoxy) is 1. The van der Waals surface area contributed by atoms with Gasteiger partial charge in [-0.3, -0.25) is 4.79 Å². The van der Waals surface area contributed by atoms with Crippen LogP contribution in [-0.2, 0) is 16.0 Å². The number of carbonyl (C=O) groups excluding carboxylic acids is 1. The maximum atomic E-state index is 11.6. The number of esters is 1. The fraction of sp³-hybridized carbons (Fsp3) is 0.800. The summed E-state index contributed by atoms with van der Waals surface area (Å²) in [7, 11) is 0. The number of hydrogen-bond donors (Lipinski definition) is 1. The van der Waals surface area contributed by atoms with Crippen molar-refractivity contribution in [2.75, 3.05) is 0 Å². The lowest BCUT2D eigenvalue weighted by atomic mass is 10.1.